The third-order valence-electron chi connectivity index (χ3n) is 4.62. The summed E-state index contributed by atoms with van der Waals surface area (Å²) in [6.07, 6.45) is 3.92. The van der Waals surface area contributed by atoms with Crippen molar-refractivity contribution in [2.45, 2.75) is 46.8 Å². The molecule has 2 aromatic heterocycles. The number of fused-ring (bicyclic) bond motifs is 3. The summed E-state index contributed by atoms with van der Waals surface area (Å²) in [6.45, 7) is 8.35. The molecule has 2 aromatic carbocycles. The lowest BCUT2D eigenvalue weighted by molar-refractivity contribution is 0.185. The predicted octanol–water partition coefficient (Wildman–Crippen LogP) is 6.20. The normalized spacial score (nSPS) is 10.4. The van der Waals surface area contributed by atoms with Crippen molar-refractivity contribution < 1.29 is 9.26 Å². The number of aryl methyl sites for hydroxylation is 1. The van der Waals surface area contributed by atoms with Gasteiger partial charge in [0.2, 0.25) is 0 Å². The van der Waals surface area contributed by atoms with E-state index in [0.29, 0.717) is 13.2 Å². The van der Waals surface area contributed by atoms with Gasteiger partial charge in [0.05, 0.1) is 30.4 Å². The van der Waals surface area contributed by atoms with Gasteiger partial charge in [0.25, 0.3) is 0 Å². The van der Waals surface area contributed by atoms with Crippen molar-refractivity contribution in [3.8, 4) is 0 Å². The zero-order chi connectivity index (χ0) is 22.5. The van der Waals surface area contributed by atoms with Gasteiger partial charge in [0.15, 0.2) is 0 Å². The lowest BCUT2D eigenvalue weighted by Gasteiger charge is -2.09. The largest absolute Gasteiger partial charge is 0.380 e. The molecule has 0 aliphatic heterocycles. The van der Waals surface area contributed by atoms with Crippen LogP contribution in [0.3, 0.4) is 0 Å². The maximum Gasteiger partial charge on any atom is 0.110 e. The summed E-state index contributed by atoms with van der Waals surface area (Å²) < 4.78 is 12.4. The third kappa shape index (κ3) is 6.83. The summed E-state index contributed by atoms with van der Waals surface area (Å²) in [6, 6.07) is 18.3. The number of hydrogen-bond acceptors (Lipinski definition) is 4. The summed E-state index contributed by atoms with van der Waals surface area (Å²) in [5, 5.41) is 1.16. The lowest BCUT2D eigenvalue weighted by atomic mass is 10.2. The second-order valence-electron chi connectivity index (χ2n) is 6.73. The van der Waals surface area contributed by atoms with Crippen molar-refractivity contribution in [1.82, 2.24) is 14.5 Å². The first kappa shape index (κ1) is 24.9. The molecule has 31 heavy (non-hydrogen) atoms. The number of rotatable bonds is 7. The minimum absolute atomic E-state index is 0.656. The quantitative estimate of drug-likeness (QED) is 0.322. The molecular weight excluding hydrogens is 405 g/mol. The van der Waals surface area contributed by atoms with E-state index in [2.05, 4.69) is 32.0 Å². The van der Waals surface area contributed by atoms with E-state index >= 15 is 0 Å². The van der Waals surface area contributed by atoms with E-state index in [1.807, 2.05) is 68.6 Å². The van der Waals surface area contributed by atoms with Crippen LogP contribution in [0.1, 0.15) is 38.6 Å². The molecular formula is C25H34N3O2P. The predicted molar refractivity (Wildman–Crippen MR) is 133 cm³/mol. The van der Waals surface area contributed by atoms with Crippen LogP contribution < -0.4 is 0 Å². The minimum Gasteiger partial charge on any atom is -0.380 e. The number of para-hydroxylation sites is 1. The SMILES string of the molecule is CC.CCCc1nc2cnc3ccccc3c2n1CCOP.COCc1ccccc1. The number of aromatic nitrogens is 3. The fourth-order valence-electron chi connectivity index (χ4n) is 3.35. The highest BCUT2D eigenvalue weighted by Crippen LogP contribution is 2.25. The molecule has 0 fully saturated rings. The Morgan fingerprint density at radius 3 is 2.35 bits per heavy atom. The van der Waals surface area contributed by atoms with E-state index in [1.54, 1.807) is 7.11 Å². The molecule has 1 atom stereocenters. The highest BCUT2D eigenvalue weighted by atomic mass is 31.0. The van der Waals surface area contributed by atoms with E-state index in [4.69, 9.17) is 14.2 Å². The summed E-state index contributed by atoms with van der Waals surface area (Å²) in [5.74, 6) is 1.11. The maximum absolute atomic E-state index is 5.16. The Kier molecular flexibility index (Phi) is 11.2. The van der Waals surface area contributed by atoms with Gasteiger partial charge in [-0.25, -0.2) is 4.98 Å². The molecule has 0 amide bonds. The zero-order valence-electron chi connectivity index (χ0n) is 19.0. The Morgan fingerprint density at radius 2 is 1.68 bits per heavy atom. The van der Waals surface area contributed by atoms with Gasteiger partial charge < -0.3 is 13.8 Å². The molecule has 2 heterocycles. The average molecular weight is 440 g/mol. The van der Waals surface area contributed by atoms with Gasteiger partial charge in [-0.1, -0.05) is 69.3 Å². The molecule has 4 aromatic rings. The first-order chi connectivity index (χ1) is 15.3. The molecule has 0 saturated carbocycles. The fraction of sp³-hybridized carbons (Fsp3) is 0.360. The lowest BCUT2D eigenvalue weighted by Crippen LogP contribution is -2.07. The van der Waals surface area contributed by atoms with Crippen LogP contribution in [0.15, 0.2) is 60.8 Å². The number of imidazole rings is 1. The van der Waals surface area contributed by atoms with Gasteiger partial charge in [-0.15, -0.1) is 0 Å². The molecule has 0 bridgehead atoms. The highest BCUT2D eigenvalue weighted by molar-refractivity contribution is 7.09. The Morgan fingerprint density at radius 1 is 0.968 bits per heavy atom. The van der Waals surface area contributed by atoms with E-state index in [9.17, 15) is 0 Å². The van der Waals surface area contributed by atoms with Crippen LogP contribution in [-0.4, -0.2) is 28.3 Å². The number of methoxy groups -OCH3 is 1. The summed E-state index contributed by atoms with van der Waals surface area (Å²) in [4.78, 5) is 9.24. The Labute approximate surface area is 188 Å². The van der Waals surface area contributed by atoms with Gasteiger partial charge >= 0.3 is 0 Å². The monoisotopic (exact) mass is 439 g/mol. The molecule has 166 valence electrons. The van der Waals surface area contributed by atoms with Gasteiger partial charge in [0.1, 0.15) is 11.3 Å². The molecule has 0 spiro atoms. The van der Waals surface area contributed by atoms with Crippen molar-refractivity contribution in [2.24, 2.45) is 0 Å². The molecule has 5 nitrogen and oxygen atoms in total. The summed E-state index contributed by atoms with van der Waals surface area (Å²) in [7, 11) is 4.01. The van der Waals surface area contributed by atoms with E-state index in [-0.39, 0.29) is 0 Å². The van der Waals surface area contributed by atoms with Crippen LogP contribution in [0, 0.1) is 0 Å². The van der Waals surface area contributed by atoms with Crippen LogP contribution in [0.5, 0.6) is 0 Å². The van der Waals surface area contributed by atoms with Gasteiger partial charge in [-0.2, -0.15) is 0 Å². The standard InChI is InChI=1S/C15H18N3OP.C8H10O.C2H6/c1-2-5-14-17-13-10-16-12-7-4-3-6-11(12)15(13)18(14)8-9-19-20;1-9-7-8-5-3-2-4-6-8;1-2/h3-4,6-7,10H,2,5,8-9,20H2,1H3;2-6H,7H2,1H3;1-2H3. The first-order valence-corrected chi connectivity index (χ1v) is 11.3. The van der Waals surface area contributed by atoms with E-state index in [1.165, 1.54) is 11.1 Å². The van der Waals surface area contributed by atoms with Crippen LogP contribution in [0.2, 0.25) is 0 Å². The first-order valence-electron chi connectivity index (χ1n) is 10.9. The van der Waals surface area contributed by atoms with Crippen LogP contribution >= 0.6 is 9.47 Å². The van der Waals surface area contributed by atoms with Gasteiger partial charge in [0, 0.05) is 34.9 Å². The molecule has 0 aliphatic rings. The highest BCUT2D eigenvalue weighted by Gasteiger charge is 2.13. The molecule has 6 heteroatoms. The van der Waals surface area contributed by atoms with E-state index < -0.39 is 0 Å². The number of nitrogens with zero attached hydrogens (tertiary/aromatic N) is 3. The van der Waals surface area contributed by atoms with Crippen molar-refractivity contribution >= 4 is 31.4 Å². The smallest absolute Gasteiger partial charge is 0.110 e. The van der Waals surface area contributed by atoms with Gasteiger partial charge in [-0.05, 0) is 18.1 Å². The number of pyridine rings is 1. The third-order valence-corrected chi connectivity index (χ3v) is 4.85. The van der Waals surface area contributed by atoms with Crippen molar-refractivity contribution in [2.75, 3.05) is 13.7 Å². The van der Waals surface area contributed by atoms with Crippen LogP contribution in [-0.2, 0) is 28.8 Å². The Bertz CT molecular complexity index is 1030. The second-order valence-corrected chi connectivity index (χ2v) is 7.06. The molecule has 4 rings (SSSR count). The molecule has 1 unspecified atom stereocenters. The second kappa shape index (κ2) is 13.9. The Balaban J connectivity index is 0.000000261. The fourth-order valence-corrected chi connectivity index (χ4v) is 3.46. The van der Waals surface area contributed by atoms with E-state index in [0.717, 1.165) is 41.6 Å². The van der Waals surface area contributed by atoms with Gasteiger partial charge in [-0.3, -0.25) is 4.98 Å². The van der Waals surface area contributed by atoms with Crippen molar-refractivity contribution in [3.05, 3.63) is 72.2 Å². The van der Waals surface area contributed by atoms with Crippen LogP contribution in [0.4, 0.5) is 0 Å². The topological polar surface area (TPSA) is 49.2 Å². The molecule has 0 N–H and O–H groups in total. The summed E-state index contributed by atoms with van der Waals surface area (Å²) >= 11 is 0. The zero-order valence-corrected chi connectivity index (χ0v) is 20.2. The molecule has 0 saturated heterocycles. The van der Waals surface area contributed by atoms with Crippen LogP contribution in [0.25, 0.3) is 21.9 Å². The molecule has 0 aliphatic carbocycles. The number of ether oxygens (including phenoxy) is 1. The minimum atomic E-state index is 0.656. The molecule has 0 radical (unpaired) electrons. The Hall–Kier alpha value is -2.33. The average Bonchev–Trinajstić information content (AvgIpc) is 3.18. The number of hydrogen-bond donors (Lipinski definition) is 0. The summed E-state index contributed by atoms with van der Waals surface area (Å²) in [5.41, 5.74) is 4.37. The number of benzene rings is 2. The van der Waals surface area contributed by atoms with Crippen molar-refractivity contribution in [1.29, 1.82) is 0 Å². The maximum atomic E-state index is 5.16. The van der Waals surface area contributed by atoms with Crippen molar-refractivity contribution in [3.63, 3.8) is 0 Å².